The van der Waals surface area contributed by atoms with Crippen molar-refractivity contribution in [3.05, 3.63) is 65.5 Å². The maximum absolute atomic E-state index is 7.65. The van der Waals surface area contributed by atoms with E-state index in [9.17, 15) is 0 Å². The number of benzene rings is 1. The maximum Gasteiger partial charge on any atom is 0.123 e. The molecule has 0 saturated heterocycles. The minimum Gasteiger partial charge on any atom is -0.384 e. The third kappa shape index (κ3) is 3.65. The number of nitrogens with two attached hydrogens (primary N) is 1. The molecule has 1 aromatic carbocycles. The van der Waals surface area contributed by atoms with E-state index in [1.807, 2.05) is 48.8 Å². The number of nitrogens with zero attached hydrogens (tertiary/aromatic N) is 2. The first-order valence-electron chi connectivity index (χ1n) is 6.74. The Balaban J connectivity index is 2.13. The Morgan fingerprint density at radius 3 is 2.50 bits per heavy atom. The first-order valence-corrected chi connectivity index (χ1v) is 6.74. The number of pyridine rings is 1. The van der Waals surface area contributed by atoms with Crippen LogP contribution in [0.2, 0.25) is 0 Å². The number of hydrogen-bond donors (Lipinski definition) is 2. The van der Waals surface area contributed by atoms with Gasteiger partial charge in [-0.05, 0) is 29.8 Å². The molecule has 2 aromatic rings. The molecule has 0 aliphatic heterocycles. The molecule has 0 bridgehead atoms. The van der Waals surface area contributed by atoms with Crippen LogP contribution in [0.4, 0.5) is 0 Å². The van der Waals surface area contributed by atoms with Crippen molar-refractivity contribution in [1.82, 2.24) is 9.88 Å². The van der Waals surface area contributed by atoms with Crippen LogP contribution >= 0.6 is 0 Å². The van der Waals surface area contributed by atoms with Crippen molar-refractivity contribution in [1.29, 1.82) is 5.41 Å². The normalized spacial score (nSPS) is 10.7. The molecule has 0 aliphatic rings. The average Bonchev–Trinajstić information content (AvgIpc) is 2.48. The fraction of sp³-hybridized carbons (Fsp3) is 0.250. The zero-order valence-electron chi connectivity index (χ0n) is 11.7. The molecule has 0 amide bonds. The van der Waals surface area contributed by atoms with Gasteiger partial charge in [0, 0.05) is 31.0 Å². The summed E-state index contributed by atoms with van der Waals surface area (Å²) in [4.78, 5) is 6.35. The number of amidine groups is 1. The number of nitrogens with one attached hydrogen (secondary N) is 1. The molecule has 104 valence electrons. The molecule has 4 heteroatoms. The Morgan fingerprint density at radius 2 is 1.85 bits per heavy atom. The lowest BCUT2D eigenvalue weighted by Crippen LogP contribution is -2.24. The highest BCUT2D eigenvalue weighted by Crippen LogP contribution is 2.13. The van der Waals surface area contributed by atoms with Gasteiger partial charge in [-0.1, -0.05) is 31.2 Å². The lowest BCUT2D eigenvalue weighted by Gasteiger charge is -2.22. The Kier molecular flexibility index (Phi) is 4.85. The van der Waals surface area contributed by atoms with Crippen LogP contribution in [-0.4, -0.2) is 22.3 Å². The zero-order valence-corrected chi connectivity index (χ0v) is 11.7. The summed E-state index contributed by atoms with van der Waals surface area (Å²) in [5, 5.41) is 7.65. The molecule has 0 atom stereocenters. The number of aromatic nitrogens is 1. The predicted octanol–water partition coefficient (Wildman–Crippen LogP) is 2.39. The lowest BCUT2D eigenvalue weighted by molar-refractivity contribution is 0.271. The summed E-state index contributed by atoms with van der Waals surface area (Å²) in [7, 11) is 0. The molecule has 0 spiro atoms. The molecule has 0 fully saturated rings. The summed E-state index contributed by atoms with van der Waals surface area (Å²) in [5.74, 6) is 0.126. The van der Waals surface area contributed by atoms with E-state index >= 15 is 0 Å². The van der Waals surface area contributed by atoms with E-state index in [0.717, 1.165) is 30.8 Å². The van der Waals surface area contributed by atoms with Crippen molar-refractivity contribution in [3.8, 4) is 0 Å². The van der Waals surface area contributed by atoms with Gasteiger partial charge in [0.05, 0.1) is 0 Å². The molecule has 0 radical (unpaired) electrons. The van der Waals surface area contributed by atoms with Crippen LogP contribution in [0.3, 0.4) is 0 Å². The summed E-state index contributed by atoms with van der Waals surface area (Å²) in [6.07, 6.45) is 3.62. The highest BCUT2D eigenvalue weighted by Gasteiger charge is 2.09. The molecule has 0 unspecified atom stereocenters. The van der Waals surface area contributed by atoms with Crippen molar-refractivity contribution in [2.24, 2.45) is 5.73 Å². The zero-order chi connectivity index (χ0) is 14.4. The van der Waals surface area contributed by atoms with Gasteiger partial charge in [-0.25, -0.2) is 0 Å². The van der Waals surface area contributed by atoms with Crippen molar-refractivity contribution >= 4 is 5.84 Å². The Labute approximate surface area is 119 Å². The molecule has 20 heavy (non-hydrogen) atoms. The second-order valence-corrected chi connectivity index (χ2v) is 4.73. The van der Waals surface area contributed by atoms with Crippen LogP contribution < -0.4 is 5.73 Å². The summed E-state index contributed by atoms with van der Waals surface area (Å²) in [6.45, 7) is 4.73. The minimum atomic E-state index is 0.126. The number of rotatable bonds is 6. The van der Waals surface area contributed by atoms with Crippen LogP contribution in [0.1, 0.15) is 23.6 Å². The molecule has 0 saturated carbocycles. The van der Waals surface area contributed by atoms with E-state index in [0.29, 0.717) is 0 Å². The van der Waals surface area contributed by atoms with Gasteiger partial charge in [-0.3, -0.25) is 15.3 Å². The third-order valence-corrected chi connectivity index (χ3v) is 3.30. The van der Waals surface area contributed by atoms with Gasteiger partial charge in [0.2, 0.25) is 0 Å². The van der Waals surface area contributed by atoms with Gasteiger partial charge in [0.1, 0.15) is 5.84 Å². The standard InChI is InChI=1S/C16H20N4/c1-2-20(11-13-7-9-19-10-8-13)12-14-5-3-4-6-15(14)16(17)18/h3-10H,2,11-12H2,1H3,(H3,17,18). The van der Waals surface area contributed by atoms with Crippen LogP contribution in [0.25, 0.3) is 0 Å². The molecule has 3 N–H and O–H groups in total. The van der Waals surface area contributed by atoms with Gasteiger partial charge in [-0.15, -0.1) is 0 Å². The number of nitrogen functional groups attached to an aromatic ring is 1. The van der Waals surface area contributed by atoms with Crippen molar-refractivity contribution in [2.45, 2.75) is 20.0 Å². The fourth-order valence-electron chi connectivity index (χ4n) is 2.19. The van der Waals surface area contributed by atoms with Crippen LogP contribution in [0.15, 0.2) is 48.8 Å². The lowest BCUT2D eigenvalue weighted by atomic mass is 10.1. The van der Waals surface area contributed by atoms with Crippen molar-refractivity contribution in [3.63, 3.8) is 0 Å². The molecular weight excluding hydrogens is 248 g/mol. The largest absolute Gasteiger partial charge is 0.384 e. The first kappa shape index (κ1) is 14.2. The van der Waals surface area contributed by atoms with E-state index in [4.69, 9.17) is 11.1 Å². The summed E-state index contributed by atoms with van der Waals surface area (Å²) >= 11 is 0. The van der Waals surface area contributed by atoms with Gasteiger partial charge >= 0.3 is 0 Å². The molecule has 2 rings (SSSR count). The van der Waals surface area contributed by atoms with Gasteiger partial charge < -0.3 is 5.73 Å². The molecule has 1 heterocycles. The van der Waals surface area contributed by atoms with E-state index in [-0.39, 0.29) is 5.84 Å². The summed E-state index contributed by atoms with van der Waals surface area (Å²) < 4.78 is 0. The first-order chi connectivity index (χ1) is 9.70. The van der Waals surface area contributed by atoms with Crippen LogP contribution in [-0.2, 0) is 13.1 Å². The summed E-state index contributed by atoms with van der Waals surface area (Å²) in [6, 6.07) is 11.9. The van der Waals surface area contributed by atoms with Crippen LogP contribution in [0.5, 0.6) is 0 Å². The van der Waals surface area contributed by atoms with Crippen molar-refractivity contribution < 1.29 is 0 Å². The molecule has 1 aromatic heterocycles. The quantitative estimate of drug-likeness (QED) is 0.624. The average molecular weight is 268 g/mol. The van der Waals surface area contributed by atoms with E-state index in [1.54, 1.807) is 0 Å². The third-order valence-electron chi connectivity index (χ3n) is 3.30. The summed E-state index contributed by atoms with van der Waals surface area (Å²) in [5.41, 5.74) is 8.79. The number of hydrogen-bond acceptors (Lipinski definition) is 3. The van der Waals surface area contributed by atoms with Gasteiger partial charge in [0.15, 0.2) is 0 Å². The second kappa shape index (κ2) is 6.82. The van der Waals surface area contributed by atoms with Gasteiger partial charge in [-0.2, -0.15) is 0 Å². The Bertz CT molecular complexity index is 566. The topological polar surface area (TPSA) is 66.0 Å². The second-order valence-electron chi connectivity index (χ2n) is 4.73. The smallest absolute Gasteiger partial charge is 0.123 e. The Hall–Kier alpha value is -2.20. The van der Waals surface area contributed by atoms with E-state index in [1.165, 1.54) is 5.56 Å². The van der Waals surface area contributed by atoms with E-state index < -0.39 is 0 Å². The fourth-order valence-corrected chi connectivity index (χ4v) is 2.19. The highest BCUT2D eigenvalue weighted by molar-refractivity contribution is 5.96. The SMILES string of the molecule is CCN(Cc1ccncc1)Cc1ccccc1C(=N)N. The molecule has 0 aliphatic carbocycles. The monoisotopic (exact) mass is 268 g/mol. The van der Waals surface area contributed by atoms with Crippen molar-refractivity contribution in [2.75, 3.05) is 6.54 Å². The molecule has 4 nitrogen and oxygen atoms in total. The maximum atomic E-state index is 7.65. The predicted molar refractivity (Wildman–Crippen MR) is 81.5 cm³/mol. The van der Waals surface area contributed by atoms with Crippen LogP contribution in [0, 0.1) is 5.41 Å². The molecular formula is C16H20N4. The highest BCUT2D eigenvalue weighted by atomic mass is 15.1. The van der Waals surface area contributed by atoms with Gasteiger partial charge in [0.25, 0.3) is 0 Å². The van der Waals surface area contributed by atoms with E-state index in [2.05, 4.69) is 16.8 Å². The minimum absolute atomic E-state index is 0.126. The Morgan fingerprint density at radius 1 is 1.15 bits per heavy atom.